The third-order valence-corrected chi connectivity index (χ3v) is 4.07. The smallest absolute Gasteiger partial charge is 0.326 e. The Morgan fingerprint density at radius 2 is 1.82 bits per heavy atom. The van der Waals surface area contributed by atoms with Crippen LogP contribution >= 0.6 is 0 Å². The molecule has 3 unspecified atom stereocenters. The largest absolute Gasteiger partial charge is 0.508 e. The Labute approximate surface area is 161 Å². The maximum atomic E-state index is 12.3. The number of H-pyrrole nitrogens is 1. The molecule has 0 aliphatic carbocycles. The molecule has 0 spiro atoms. The van der Waals surface area contributed by atoms with Crippen molar-refractivity contribution in [2.24, 2.45) is 5.73 Å². The Balaban J connectivity index is 1.89. The van der Waals surface area contributed by atoms with Gasteiger partial charge in [0, 0.05) is 24.7 Å². The minimum Gasteiger partial charge on any atom is -0.508 e. The second kappa shape index (κ2) is 9.51. The number of amides is 2. The Morgan fingerprint density at radius 3 is 2.39 bits per heavy atom. The summed E-state index contributed by atoms with van der Waals surface area (Å²) in [5.41, 5.74) is 7.12. The Hall–Kier alpha value is -3.40. The number of imidazole rings is 1. The molecular weight excluding hydrogens is 366 g/mol. The van der Waals surface area contributed by atoms with Gasteiger partial charge in [0.15, 0.2) is 0 Å². The van der Waals surface area contributed by atoms with Gasteiger partial charge in [-0.3, -0.25) is 9.59 Å². The van der Waals surface area contributed by atoms with Gasteiger partial charge in [-0.05, 0) is 24.6 Å². The van der Waals surface area contributed by atoms with E-state index in [0.717, 1.165) is 0 Å². The van der Waals surface area contributed by atoms with E-state index in [2.05, 4.69) is 20.6 Å². The summed E-state index contributed by atoms with van der Waals surface area (Å²) in [5, 5.41) is 23.5. The van der Waals surface area contributed by atoms with Crippen molar-refractivity contribution in [3.63, 3.8) is 0 Å². The summed E-state index contributed by atoms with van der Waals surface area (Å²) in [5.74, 6) is -2.34. The van der Waals surface area contributed by atoms with E-state index in [1.54, 1.807) is 18.3 Å². The molecule has 1 heterocycles. The van der Waals surface area contributed by atoms with Crippen LogP contribution in [0.3, 0.4) is 0 Å². The van der Waals surface area contributed by atoms with E-state index in [-0.39, 0.29) is 18.6 Å². The zero-order valence-electron chi connectivity index (χ0n) is 15.3. The molecule has 10 heteroatoms. The molecule has 2 aromatic rings. The van der Waals surface area contributed by atoms with Gasteiger partial charge in [-0.1, -0.05) is 12.1 Å². The van der Waals surface area contributed by atoms with E-state index < -0.39 is 35.9 Å². The number of aromatic amines is 1. The summed E-state index contributed by atoms with van der Waals surface area (Å²) in [6, 6.07) is 2.95. The number of carbonyl (C=O) groups excluding carboxylic acids is 2. The third kappa shape index (κ3) is 6.09. The number of carboxylic acids is 1. The number of aromatic hydroxyl groups is 1. The van der Waals surface area contributed by atoms with E-state index in [0.29, 0.717) is 11.3 Å². The fourth-order valence-electron chi connectivity index (χ4n) is 2.48. The molecule has 0 bridgehead atoms. The van der Waals surface area contributed by atoms with Crippen LogP contribution in [0.15, 0.2) is 36.8 Å². The molecule has 1 aromatic carbocycles. The molecule has 7 N–H and O–H groups in total. The van der Waals surface area contributed by atoms with Crippen LogP contribution in [0.2, 0.25) is 0 Å². The first-order chi connectivity index (χ1) is 13.3. The molecule has 1 aromatic heterocycles. The predicted octanol–water partition coefficient (Wildman–Crippen LogP) is -0.698. The highest BCUT2D eigenvalue weighted by molar-refractivity contribution is 5.91. The molecule has 2 rings (SSSR count). The highest BCUT2D eigenvalue weighted by atomic mass is 16.4. The standard InChI is InChI=1S/C18H23N5O5/c1-10(22-17(26)14(19)7-12-8-20-9-21-12)16(25)23-15(18(27)28)6-11-2-4-13(24)5-3-11/h2-5,8-10,14-15,24H,6-7,19H2,1H3,(H,20,21)(H,22,26)(H,23,25)(H,27,28). The molecule has 0 saturated heterocycles. The molecule has 150 valence electrons. The Morgan fingerprint density at radius 1 is 1.14 bits per heavy atom. The van der Waals surface area contributed by atoms with Gasteiger partial charge in [-0.15, -0.1) is 0 Å². The first-order valence-electron chi connectivity index (χ1n) is 8.60. The number of nitrogens with zero attached hydrogens (tertiary/aromatic N) is 1. The number of nitrogens with one attached hydrogen (secondary N) is 3. The number of nitrogens with two attached hydrogens (primary N) is 1. The zero-order valence-corrected chi connectivity index (χ0v) is 15.3. The minimum atomic E-state index is -1.21. The number of hydrogen-bond donors (Lipinski definition) is 6. The average molecular weight is 389 g/mol. The van der Waals surface area contributed by atoms with Crippen LogP contribution < -0.4 is 16.4 Å². The number of hydrogen-bond acceptors (Lipinski definition) is 6. The van der Waals surface area contributed by atoms with Crippen LogP contribution in [0.5, 0.6) is 5.75 Å². The van der Waals surface area contributed by atoms with Crippen molar-refractivity contribution in [2.75, 3.05) is 0 Å². The van der Waals surface area contributed by atoms with Crippen LogP contribution in [0.4, 0.5) is 0 Å². The number of aliphatic carboxylic acids is 1. The molecule has 0 saturated carbocycles. The van der Waals surface area contributed by atoms with Gasteiger partial charge in [0.1, 0.15) is 17.8 Å². The van der Waals surface area contributed by atoms with Gasteiger partial charge in [0.2, 0.25) is 11.8 Å². The van der Waals surface area contributed by atoms with E-state index in [1.807, 2.05) is 0 Å². The average Bonchev–Trinajstić information content (AvgIpc) is 3.15. The maximum absolute atomic E-state index is 12.3. The number of carbonyl (C=O) groups is 3. The van der Waals surface area contributed by atoms with Crippen molar-refractivity contribution >= 4 is 17.8 Å². The van der Waals surface area contributed by atoms with E-state index in [1.165, 1.54) is 25.4 Å². The third-order valence-electron chi connectivity index (χ3n) is 4.07. The van der Waals surface area contributed by atoms with Crippen LogP contribution in [-0.2, 0) is 27.2 Å². The summed E-state index contributed by atoms with van der Waals surface area (Å²) in [4.78, 5) is 42.6. The topological polar surface area (TPSA) is 170 Å². The van der Waals surface area contributed by atoms with Crippen molar-refractivity contribution in [1.82, 2.24) is 20.6 Å². The van der Waals surface area contributed by atoms with Crippen LogP contribution in [0.1, 0.15) is 18.2 Å². The summed E-state index contributed by atoms with van der Waals surface area (Å²) < 4.78 is 0. The lowest BCUT2D eigenvalue weighted by molar-refractivity contribution is -0.142. The van der Waals surface area contributed by atoms with Gasteiger partial charge < -0.3 is 31.6 Å². The Kier molecular flexibility index (Phi) is 7.10. The molecule has 0 aliphatic heterocycles. The summed E-state index contributed by atoms with van der Waals surface area (Å²) in [6.07, 6.45) is 3.26. The molecule has 0 aliphatic rings. The first kappa shape index (κ1) is 20.9. The maximum Gasteiger partial charge on any atom is 0.326 e. The molecule has 3 atom stereocenters. The van der Waals surface area contributed by atoms with Gasteiger partial charge in [-0.25, -0.2) is 9.78 Å². The lowest BCUT2D eigenvalue weighted by Crippen LogP contribution is -2.54. The van der Waals surface area contributed by atoms with Crippen molar-refractivity contribution in [3.8, 4) is 5.75 Å². The monoisotopic (exact) mass is 389 g/mol. The molecular formula is C18H23N5O5. The second-order valence-electron chi connectivity index (χ2n) is 6.39. The van der Waals surface area contributed by atoms with E-state index in [9.17, 15) is 24.6 Å². The van der Waals surface area contributed by atoms with Crippen molar-refractivity contribution in [1.29, 1.82) is 0 Å². The normalized spacial score (nSPS) is 13.9. The summed E-state index contributed by atoms with van der Waals surface area (Å²) >= 11 is 0. The second-order valence-corrected chi connectivity index (χ2v) is 6.39. The number of carboxylic acid groups (broad SMARTS) is 1. The van der Waals surface area contributed by atoms with Gasteiger partial charge in [-0.2, -0.15) is 0 Å². The van der Waals surface area contributed by atoms with Crippen molar-refractivity contribution in [3.05, 3.63) is 48.0 Å². The number of aromatic nitrogens is 2. The lowest BCUT2D eigenvalue weighted by atomic mass is 10.1. The van der Waals surface area contributed by atoms with Crippen LogP contribution in [0.25, 0.3) is 0 Å². The summed E-state index contributed by atoms with van der Waals surface area (Å²) in [7, 11) is 0. The number of phenolic OH excluding ortho intramolecular Hbond substituents is 1. The van der Waals surface area contributed by atoms with Crippen LogP contribution in [0, 0.1) is 0 Å². The van der Waals surface area contributed by atoms with Gasteiger partial charge in [0.25, 0.3) is 0 Å². The molecule has 0 fully saturated rings. The lowest BCUT2D eigenvalue weighted by Gasteiger charge is -2.20. The zero-order chi connectivity index (χ0) is 20.7. The number of phenols is 1. The van der Waals surface area contributed by atoms with Gasteiger partial charge >= 0.3 is 5.97 Å². The molecule has 0 radical (unpaired) electrons. The number of rotatable bonds is 9. The highest BCUT2D eigenvalue weighted by Gasteiger charge is 2.25. The Bertz CT molecular complexity index is 806. The van der Waals surface area contributed by atoms with E-state index >= 15 is 0 Å². The van der Waals surface area contributed by atoms with Crippen molar-refractivity contribution < 1.29 is 24.6 Å². The van der Waals surface area contributed by atoms with Gasteiger partial charge in [0.05, 0.1) is 12.4 Å². The van der Waals surface area contributed by atoms with Crippen LogP contribution in [-0.4, -0.2) is 56.1 Å². The fraction of sp³-hybridized carbons (Fsp3) is 0.333. The molecule has 10 nitrogen and oxygen atoms in total. The first-order valence-corrected chi connectivity index (χ1v) is 8.60. The quantitative estimate of drug-likeness (QED) is 0.329. The molecule has 2 amide bonds. The summed E-state index contributed by atoms with van der Waals surface area (Å²) in [6.45, 7) is 1.44. The van der Waals surface area contributed by atoms with Crippen molar-refractivity contribution in [2.45, 2.75) is 37.9 Å². The van der Waals surface area contributed by atoms with E-state index in [4.69, 9.17) is 5.73 Å². The highest BCUT2D eigenvalue weighted by Crippen LogP contribution is 2.11. The SMILES string of the molecule is CC(NC(=O)C(N)Cc1cnc[nH]1)C(=O)NC(Cc1ccc(O)cc1)C(=O)O. The minimum absolute atomic E-state index is 0.0291. The molecule has 28 heavy (non-hydrogen) atoms. The number of benzene rings is 1. The fourth-order valence-corrected chi connectivity index (χ4v) is 2.48. The predicted molar refractivity (Wildman–Crippen MR) is 99.2 cm³/mol.